The molecule has 3 unspecified atom stereocenters. The van der Waals surface area contributed by atoms with Gasteiger partial charge in [-0.3, -0.25) is 4.98 Å². The minimum Gasteiger partial charge on any atom is -0.393 e. The molecule has 0 aromatic carbocycles. The van der Waals surface area contributed by atoms with Gasteiger partial charge in [0.25, 0.3) is 0 Å². The molecule has 2 heterocycles. The predicted molar refractivity (Wildman–Crippen MR) is 63.4 cm³/mol. The van der Waals surface area contributed by atoms with Crippen molar-refractivity contribution in [3.63, 3.8) is 0 Å². The van der Waals surface area contributed by atoms with Gasteiger partial charge in [0.05, 0.1) is 6.10 Å². The summed E-state index contributed by atoms with van der Waals surface area (Å²) in [7, 11) is 0. The van der Waals surface area contributed by atoms with Gasteiger partial charge in [-0.1, -0.05) is 0 Å². The molecule has 3 rings (SSSR count). The Labute approximate surface area is 96.1 Å². The van der Waals surface area contributed by atoms with Crippen molar-refractivity contribution >= 4 is 5.69 Å². The number of rotatable bonds is 1. The van der Waals surface area contributed by atoms with Gasteiger partial charge in [0.15, 0.2) is 0 Å². The third-order valence-electron chi connectivity index (χ3n) is 4.15. The van der Waals surface area contributed by atoms with Gasteiger partial charge >= 0.3 is 0 Å². The molecule has 0 bridgehead atoms. The van der Waals surface area contributed by atoms with Crippen molar-refractivity contribution in [2.45, 2.75) is 25.9 Å². The Balaban J connectivity index is 1.82. The van der Waals surface area contributed by atoms with E-state index in [-0.39, 0.29) is 6.10 Å². The summed E-state index contributed by atoms with van der Waals surface area (Å²) in [6.45, 7) is 4.22. The topological polar surface area (TPSA) is 36.4 Å². The maximum absolute atomic E-state index is 9.89. The first-order chi connectivity index (χ1) is 7.75. The third kappa shape index (κ3) is 1.50. The second kappa shape index (κ2) is 3.74. The highest BCUT2D eigenvalue weighted by molar-refractivity contribution is 5.52. The summed E-state index contributed by atoms with van der Waals surface area (Å²) in [5.41, 5.74) is 2.52. The third-order valence-corrected chi connectivity index (χ3v) is 4.15. The summed E-state index contributed by atoms with van der Waals surface area (Å²) in [5, 5.41) is 9.89. The quantitative estimate of drug-likeness (QED) is 0.777. The van der Waals surface area contributed by atoms with Crippen LogP contribution in [0, 0.1) is 18.8 Å². The number of aliphatic hydroxyl groups is 1. The monoisotopic (exact) mass is 218 g/mol. The SMILES string of the molecule is Cc1cnccc1N1CC2CCC(O)C2C1. The Hall–Kier alpha value is -1.09. The number of hydrogen-bond donors (Lipinski definition) is 1. The van der Waals surface area contributed by atoms with Crippen molar-refractivity contribution in [1.29, 1.82) is 0 Å². The smallest absolute Gasteiger partial charge is 0.0588 e. The fourth-order valence-electron chi connectivity index (χ4n) is 3.25. The van der Waals surface area contributed by atoms with E-state index >= 15 is 0 Å². The highest BCUT2D eigenvalue weighted by Gasteiger charge is 2.41. The zero-order chi connectivity index (χ0) is 11.1. The highest BCUT2D eigenvalue weighted by atomic mass is 16.3. The minimum atomic E-state index is -0.0721. The van der Waals surface area contributed by atoms with E-state index in [2.05, 4.69) is 22.9 Å². The van der Waals surface area contributed by atoms with Crippen LogP contribution in [0.5, 0.6) is 0 Å². The van der Waals surface area contributed by atoms with E-state index in [1.165, 1.54) is 17.7 Å². The number of hydrogen-bond acceptors (Lipinski definition) is 3. The lowest BCUT2D eigenvalue weighted by molar-refractivity contribution is 0.133. The molecule has 2 aliphatic rings. The van der Waals surface area contributed by atoms with Gasteiger partial charge in [0, 0.05) is 37.1 Å². The predicted octanol–water partition coefficient (Wildman–Crippen LogP) is 1.60. The minimum absolute atomic E-state index is 0.0721. The summed E-state index contributed by atoms with van der Waals surface area (Å²) >= 11 is 0. The molecule has 3 nitrogen and oxygen atoms in total. The number of fused-ring (bicyclic) bond motifs is 1. The Morgan fingerprint density at radius 1 is 1.38 bits per heavy atom. The average Bonchev–Trinajstić information content (AvgIpc) is 2.82. The fourth-order valence-corrected chi connectivity index (χ4v) is 3.25. The Morgan fingerprint density at radius 2 is 2.25 bits per heavy atom. The van der Waals surface area contributed by atoms with Crippen LogP contribution in [0.2, 0.25) is 0 Å². The maximum Gasteiger partial charge on any atom is 0.0588 e. The molecule has 1 saturated carbocycles. The van der Waals surface area contributed by atoms with Gasteiger partial charge in [-0.2, -0.15) is 0 Å². The molecule has 0 spiro atoms. The first-order valence-electron chi connectivity index (χ1n) is 6.09. The van der Waals surface area contributed by atoms with Crippen LogP contribution >= 0.6 is 0 Å². The molecule has 86 valence electrons. The molecule has 0 radical (unpaired) electrons. The number of aliphatic hydroxyl groups excluding tert-OH is 1. The van der Waals surface area contributed by atoms with Gasteiger partial charge in [0.2, 0.25) is 0 Å². The second-order valence-corrected chi connectivity index (χ2v) is 5.14. The van der Waals surface area contributed by atoms with Crippen molar-refractivity contribution in [2.75, 3.05) is 18.0 Å². The van der Waals surface area contributed by atoms with Crippen LogP contribution in [0.25, 0.3) is 0 Å². The van der Waals surface area contributed by atoms with Crippen LogP contribution in [0.3, 0.4) is 0 Å². The Bertz CT molecular complexity index is 393. The zero-order valence-electron chi connectivity index (χ0n) is 9.63. The molecule has 1 N–H and O–H groups in total. The lowest BCUT2D eigenvalue weighted by atomic mass is 10.00. The van der Waals surface area contributed by atoms with Crippen molar-refractivity contribution in [3.8, 4) is 0 Å². The molecule has 0 amide bonds. The molecule has 2 fully saturated rings. The molecule has 1 aliphatic heterocycles. The summed E-state index contributed by atoms with van der Waals surface area (Å²) in [6, 6.07) is 2.09. The van der Waals surface area contributed by atoms with Crippen molar-refractivity contribution in [1.82, 2.24) is 4.98 Å². The number of aromatic nitrogens is 1. The molecular formula is C13H18N2O. The molecule has 3 heteroatoms. The summed E-state index contributed by atoms with van der Waals surface area (Å²) in [6.07, 6.45) is 5.88. The van der Waals surface area contributed by atoms with E-state index in [0.29, 0.717) is 11.8 Å². The van der Waals surface area contributed by atoms with Crippen LogP contribution in [-0.4, -0.2) is 29.3 Å². The van der Waals surface area contributed by atoms with E-state index in [9.17, 15) is 5.11 Å². The molecule has 1 saturated heterocycles. The number of anilines is 1. The first-order valence-corrected chi connectivity index (χ1v) is 6.09. The van der Waals surface area contributed by atoms with Gasteiger partial charge in [-0.05, 0) is 37.3 Å². The lowest BCUT2D eigenvalue weighted by Crippen LogP contribution is -2.24. The maximum atomic E-state index is 9.89. The zero-order valence-corrected chi connectivity index (χ0v) is 9.63. The van der Waals surface area contributed by atoms with Gasteiger partial charge in [0.1, 0.15) is 0 Å². The number of nitrogens with zero attached hydrogens (tertiary/aromatic N) is 2. The van der Waals surface area contributed by atoms with Crippen molar-refractivity contribution in [3.05, 3.63) is 24.0 Å². The highest BCUT2D eigenvalue weighted by Crippen LogP contribution is 2.40. The first kappa shape index (κ1) is 10.1. The lowest BCUT2D eigenvalue weighted by Gasteiger charge is -2.22. The summed E-state index contributed by atoms with van der Waals surface area (Å²) in [5.74, 6) is 1.19. The largest absolute Gasteiger partial charge is 0.393 e. The van der Waals surface area contributed by atoms with E-state index in [0.717, 1.165) is 19.5 Å². The van der Waals surface area contributed by atoms with Crippen LogP contribution < -0.4 is 4.90 Å². The molecule has 1 aliphatic carbocycles. The van der Waals surface area contributed by atoms with E-state index in [1.807, 2.05) is 12.4 Å². The Morgan fingerprint density at radius 3 is 3.00 bits per heavy atom. The van der Waals surface area contributed by atoms with Gasteiger partial charge in [-0.15, -0.1) is 0 Å². The second-order valence-electron chi connectivity index (χ2n) is 5.14. The molecule has 3 atom stereocenters. The van der Waals surface area contributed by atoms with Crippen LogP contribution in [-0.2, 0) is 0 Å². The van der Waals surface area contributed by atoms with Crippen molar-refractivity contribution in [2.24, 2.45) is 11.8 Å². The summed E-state index contributed by atoms with van der Waals surface area (Å²) in [4.78, 5) is 6.54. The Kier molecular flexibility index (Phi) is 2.36. The van der Waals surface area contributed by atoms with E-state index in [4.69, 9.17) is 0 Å². The average molecular weight is 218 g/mol. The van der Waals surface area contributed by atoms with Crippen LogP contribution in [0.1, 0.15) is 18.4 Å². The van der Waals surface area contributed by atoms with E-state index in [1.54, 1.807) is 0 Å². The van der Waals surface area contributed by atoms with E-state index < -0.39 is 0 Å². The van der Waals surface area contributed by atoms with Gasteiger partial charge < -0.3 is 10.0 Å². The molecule has 1 aromatic rings. The van der Waals surface area contributed by atoms with Gasteiger partial charge in [-0.25, -0.2) is 0 Å². The fraction of sp³-hybridized carbons (Fsp3) is 0.615. The molecule has 1 aromatic heterocycles. The van der Waals surface area contributed by atoms with Crippen LogP contribution in [0.4, 0.5) is 5.69 Å². The molecule has 16 heavy (non-hydrogen) atoms. The summed E-state index contributed by atoms with van der Waals surface area (Å²) < 4.78 is 0. The number of aryl methyl sites for hydroxylation is 1. The number of pyridine rings is 1. The van der Waals surface area contributed by atoms with Crippen LogP contribution in [0.15, 0.2) is 18.5 Å². The normalized spacial score (nSPS) is 33.1. The van der Waals surface area contributed by atoms with Crippen molar-refractivity contribution < 1.29 is 5.11 Å². The molecular weight excluding hydrogens is 200 g/mol. The standard InChI is InChI=1S/C13H18N2O/c1-9-6-14-5-4-12(9)15-7-10-2-3-13(16)11(10)8-15/h4-6,10-11,13,16H,2-3,7-8H2,1H3.